The third-order valence-electron chi connectivity index (χ3n) is 6.04. The Balaban J connectivity index is 1.44. The molecule has 174 valence electrons. The van der Waals surface area contributed by atoms with E-state index in [0.29, 0.717) is 42.4 Å². The van der Waals surface area contributed by atoms with Crippen molar-refractivity contribution in [2.24, 2.45) is 0 Å². The molecule has 0 amide bonds. The van der Waals surface area contributed by atoms with Crippen LogP contribution in [0.2, 0.25) is 0 Å². The fraction of sp³-hybridized carbons (Fsp3) is 0.435. The first-order chi connectivity index (χ1) is 15.7. The van der Waals surface area contributed by atoms with E-state index in [1.54, 1.807) is 12.4 Å². The van der Waals surface area contributed by atoms with Crippen LogP contribution in [0.5, 0.6) is 5.88 Å². The summed E-state index contributed by atoms with van der Waals surface area (Å²) in [6, 6.07) is 8.08. The average Bonchev–Trinajstić information content (AvgIpc) is 3.11. The van der Waals surface area contributed by atoms with Gasteiger partial charge in [0.15, 0.2) is 5.52 Å². The van der Waals surface area contributed by atoms with Crippen molar-refractivity contribution in [3.05, 3.63) is 47.8 Å². The van der Waals surface area contributed by atoms with Crippen LogP contribution in [0.1, 0.15) is 25.0 Å². The van der Waals surface area contributed by atoms with Crippen molar-refractivity contribution < 1.29 is 22.6 Å². The molecule has 1 aromatic carbocycles. The molecule has 0 spiro atoms. The van der Waals surface area contributed by atoms with Gasteiger partial charge in [-0.3, -0.25) is 4.98 Å². The minimum atomic E-state index is -3.28. The van der Waals surface area contributed by atoms with E-state index in [0.717, 1.165) is 11.1 Å². The number of hydrogen-bond acceptors (Lipinski definition) is 8. The maximum Gasteiger partial charge on any atom is 0.242 e. The lowest BCUT2D eigenvalue weighted by molar-refractivity contribution is -0.0252. The summed E-state index contributed by atoms with van der Waals surface area (Å²) in [6.45, 7) is 5.74. The molecule has 0 aliphatic carbocycles. The summed E-state index contributed by atoms with van der Waals surface area (Å²) in [5.74, 6) is 0.341. The lowest BCUT2D eigenvalue weighted by Crippen LogP contribution is -2.47. The van der Waals surface area contributed by atoms with Gasteiger partial charge in [0.25, 0.3) is 0 Å². The van der Waals surface area contributed by atoms with E-state index in [2.05, 4.69) is 35.9 Å². The molecular formula is C23H26N4O5S. The summed E-state index contributed by atoms with van der Waals surface area (Å²) >= 11 is 0. The first-order valence-corrected chi connectivity index (χ1v) is 12.6. The molecule has 1 fully saturated rings. The van der Waals surface area contributed by atoms with Gasteiger partial charge in [0.05, 0.1) is 36.3 Å². The van der Waals surface area contributed by atoms with Gasteiger partial charge < -0.3 is 14.2 Å². The molecule has 10 heteroatoms. The number of pyridine rings is 1. The van der Waals surface area contributed by atoms with E-state index in [4.69, 9.17) is 19.2 Å². The van der Waals surface area contributed by atoms with Crippen molar-refractivity contribution in [1.29, 1.82) is 0 Å². The molecule has 0 N–H and O–H groups in total. The third-order valence-corrected chi connectivity index (χ3v) is 7.31. The minimum Gasteiger partial charge on any atom is -0.473 e. The molecule has 9 nitrogen and oxygen atoms in total. The van der Waals surface area contributed by atoms with Crippen LogP contribution in [0.3, 0.4) is 0 Å². The van der Waals surface area contributed by atoms with Crippen LogP contribution in [0.15, 0.2) is 36.7 Å². The maximum atomic E-state index is 11.9. The fourth-order valence-electron chi connectivity index (χ4n) is 4.25. The molecule has 0 unspecified atom stereocenters. The lowest BCUT2D eigenvalue weighted by Gasteiger charge is -2.30. The van der Waals surface area contributed by atoms with Crippen molar-refractivity contribution >= 4 is 21.1 Å². The highest BCUT2D eigenvalue weighted by atomic mass is 32.2. The number of rotatable bonds is 5. The molecule has 2 aliphatic rings. The second-order valence-electron chi connectivity index (χ2n) is 8.83. The van der Waals surface area contributed by atoms with Gasteiger partial charge in [-0.2, -0.15) is 4.31 Å². The van der Waals surface area contributed by atoms with Crippen LogP contribution >= 0.6 is 0 Å². The van der Waals surface area contributed by atoms with Gasteiger partial charge in [-0.15, -0.1) is 0 Å². The third kappa shape index (κ3) is 4.43. The number of hydrogen-bond donors (Lipinski definition) is 0. The molecule has 0 bridgehead atoms. The predicted octanol–water partition coefficient (Wildman–Crippen LogP) is 2.50. The topological polar surface area (TPSA) is 104 Å². The minimum absolute atomic E-state index is 0.153. The zero-order chi connectivity index (χ0) is 23.2. The van der Waals surface area contributed by atoms with E-state index in [1.807, 2.05) is 12.1 Å². The van der Waals surface area contributed by atoms with Crippen LogP contribution in [-0.2, 0) is 31.7 Å². The Bertz CT molecular complexity index is 1310. The molecule has 1 saturated heterocycles. The number of aromatic nitrogens is 3. The second-order valence-corrected chi connectivity index (χ2v) is 10.8. The first kappa shape index (κ1) is 22.1. The zero-order valence-corrected chi connectivity index (χ0v) is 19.6. The van der Waals surface area contributed by atoms with E-state index in [1.165, 1.54) is 16.1 Å². The molecule has 5 rings (SSSR count). The van der Waals surface area contributed by atoms with Gasteiger partial charge in [0, 0.05) is 31.0 Å². The summed E-state index contributed by atoms with van der Waals surface area (Å²) in [6.07, 6.45) is 4.02. The van der Waals surface area contributed by atoms with Crippen molar-refractivity contribution in [3.63, 3.8) is 0 Å². The van der Waals surface area contributed by atoms with E-state index < -0.39 is 16.1 Å². The summed E-state index contributed by atoms with van der Waals surface area (Å²) in [7, 11) is -3.28. The van der Waals surface area contributed by atoms with Gasteiger partial charge in [0.1, 0.15) is 12.7 Å². The summed E-state index contributed by atoms with van der Waals surface area (Å²) in [4.78, 5) is 13.6. The molecule has 0 saturated carbocycles. The molecule has 1 atom stereocenters. The monoisotopic (exact) mass is 470 g/mol. The van der Waals surface area contributed by atoms with Gasteiger partial charge in [0.2, 0.25) is 15.9 Å². The van der Waals surface area contributed by atoms with E-state index >= 15 is 0 Å². The second kappa shape index (κ2) is 8.28. The molecule has 2 aliphatic heterocycles. The van der Waals surface area contributed by atoms with E-state index in [-0.39, 0.29) is 18.8 Å². The Morgan fingerprint density at radius 1 is 1.21 bits per heavy atom. The highest BCUT2D eigenvalue weighted by molar-refractivity contribution is 7.88. The summed E-state index contributed by atoms with van der Waals surface area (Å²) in [5.41, 5.74) is 4.87. The largest absolute Gasteiger partial charge is 0.473 e. The van der Waals surface area contributed by atoms with Crippen LogP contribution in [0.25, 0.3) is 22.3 Å². The number of fused-ring (bicyclic) bond motifs is 2. The van der Waals surface area contributed by atoms with Gasteiger partial charge in [-0.1, -0.05) is 12.1 Å². The highest BCUT2D eigenvalue weighted by Crippen LogP contribution is 2.38. The van der Waals surface area contributed by atoms with Crippen LogP contribution in [-0.4, -0.2) is 66.3 Å². The number of benzene rings is 1. The lowest BCUT2D eigenvalue weighted by atomic mass is 9.94. The van der Waals surface area contributed by atoms with Gasteiger partial charge in [-0.25, -0.2) is 18.4 Å². The number of sulfonamides is 1. The molecule has 3 aromatic rings. The maximum absolute atomic E-state index is 11.9. The van der Waals surface area contributed by atoms with Crippen molar-refractivity contribution in [1.82, 2.24) is 19.3 Å². The number of nitrogens with zero attached hydrogens (tertiary/aromatic N) is 4. The zero-order valence-electron chi connectivity index (χ0n) is 18.8. The van der Waals surface area contributed by atoms with Gasteiger partial charge >= 0.3 is 0 Å². The number of morpholine rings is 1. The molecular weight excluding hydrogens is 444 g/mol. The Kier molecular flexibility index (Phi) is 5.56. The SMILES string of the molecule is CC1(C)OCc2cc(-c3cc4nccnc4c(OC[C@@H]4CN(S(C)(=O)=O)CCO4)n3)ccc21. The normalized spacial score (nSPS) is 20.6. The van der Waals surface area contributed by atoms with Crippen LogP contribution < -0.4 is 4.74 Å². The van der Waals surface area contributed by atoms with Crippen molar-refractivity contribution in [2.75, 3.05) is 32.6 Å². The average molecular weight is 471 g/mol. The Hall–Kier alpha value is -2.66. The molecule has 0 radical (unpaired) electrons. The summed E-state index contributed by atoms with van der Waals surface area (Å²) < 4.78 is 42.8. The Morgan fingerprint density at radius 3 is 2.85 bits per heavy atom. The smallest absolute Gasteiger partial charge is 0.242 e. The van der Waals surface area contributed by atoms with Crippen LogP contribution in [0.4, 0.5) is 0 Å². The number of ether oxygens (including phenoxy) is 3. The fourth-order valence-corrected chi connectivity index (χ4v) is 5.10. The first-order valence-electron chi connectivity index (χ1n) is 10.8. The highest BCUT2D eigenvalue weighted by Gasteiger charge is 2.31. The molecule has 33 heavy (non-hydrogen) atoms. The van der Waals surface area contributed by atoms with Crippen LogP contribution in [0, 0.1) is 0 Å². The van der Waals surface area contributed by atoms with E-state index in [9.17, 15) is 8.42 Å². The Labute approximate surface area is 192 Å². The molecule has 4 heterocycles. The predicted molar refractivity (Wildman–Crippen MR) is 122 cm³/mol. The summed E-state index contributed by atoms with van der Waals surface area (Å²) in [5, 5.41) is 0. The molecule has 2 aromatic heterocycles. The Morgan fingerprint density at radius 2 is 2.03 bits per heavy atom. The van der Waals surface area contributed by atoms with Gasteiger partial charge in [-0.05, 0) is 37.1 Å². The van der Waals surface area contributed by atoms with Crippen molar-refractivity contribution in [2.45, 2.75) is 32.2 Å². The van der Waals surface area contributed by atoms with Crippen molar-refractivity contribution in [3.8, 4) is 17.1 Å². The quantitative estimate of drug-likeness (QED) is 0.560. The standard InChI is InChI=1S/C23H26N4O5S/c1-23(2)18-5-4-15(10-16(18)13-32-23)19-11-20-21(25-7-6-24-20)22(26-19)31-14-17-12-27(8-9-30-17)33(3,28)29/h4-7,10-11,17H,8-9,12-14H2,1-3H3/t17-/m0/s1.